The molecule has 0 aliphatic carbocycles. The number of hydrogen-bond acceptors (Lipinski definition) is 3. The standard InChI is InChI=1S/C18H18N2O/c1-12-5-8-15(17(10-12)21-2)18(19)14-7-6-13-4-3-9-20-16(13)11-14/h3-11,18H,19H2,1-2H3. The number of fused-ring (bicyclic) bond motifs is 1. The highest BCUT2D eigenvalue weighted by atomic mass is 16.5. The van der Waals surface area contributed by atoms with Crippen molar-refractivity contribution in [1.82, 2.24) is 4.98 Å². The molecule has 106 valence electrons. The van der Waals surface area contributed by atoms with Crippen LogP contribution in [-0.4, -0.2) is 12.1 Å². The summed E-state index contributed by atoms with van der Waals surface area (Å²) in [5.41, 5.74) is 10.6. The van der Waals surface area contributed by atoms with Crippen LogP contribution in [0.1, 0.15) is 22.7 Å². The molecular weight excluding hydrogens is 260 g/mol. The summed E-state index contributed by atoms with van der Waals surface area (Å²) in [6.45, 7) is 2.04. The molecule has 3 rings (SSSR count). The highest BCUT2D eigenvalue weighted by Crippen LogP contribution is 2.30. The van der Waals surface area contributed by atoms with E-state index in [0.29, 0.717) is 0 Å². The van der Waals surface area contributed by atoms with E-state index in [0.717, 1.165) is 33.3 Å². The highest BCUT2D eigenvalue weighted by molar-refractivity contribution is 5.79. The van der Waals surface area contributed by atoms with Crippen molar-refractivity contribution in [3.63, 3.8) is 0 Å². The van der Waals surface area contributed by atoms with Gasteiger partial charge in [-0.15, -0.1) is 0 Å². The van der Waals surface area contributed by atoms with Crippen molar-refractivity contribution in [2.24, 2.45) is 5.73 Å². The Balaban J connectivity index is 2.05. The number of methoxy groups -OCH3 is 1. The van der Waals surface area contributed by atoms with Gasteiger partial charge < -0.3 is 10.5 Å². The fraction of sp³-hybridized carbons (Fsp3) is 0.167. The number of nitrogens with two attached hydrogens (primary N) is 1. The van der Waals surface area contributed by atoms with E-state index in [1.165, 1.54) is 0 Å². The number of nitrogens with zero attached hydrogens (tertiary/aromatic N) is 1. The minimum Gasteiger partial charge on any atom is -0.496 e. The molecule has 0 aliphatic rings. The van der Waals surface area contributed by atoms with Crippen LogP contribution in [0.3, 0.4) is 0 Å². The van der Waals surface area contributed by atoms with Crippen LogP contribution in [-0.2, 0) is 0 Å². The summed E-state index contributed by atoms with van der Waals surface area (Å²) in [6.07, 6.45) is 1.80. The van der Waals surface area contributed by atoms with Crippen LogP contribution >= 0.6 is 0 Å². The van der Waals surface area contributed by atoms with Gasteiger partial charge in [-0.1, -0.05) is 30.3 Å². The molecule has 0 amide bonds. The molecule has 3 nitrogen and oxygen atoms in total. The molecule has 0 saturated heterocycles. The number of benzene rings is 2. The Morgan fingerprint density at radius 2 is 1.95 bits per heavy atom. The van der Waals surface area contributed by atoms with Crippen molar-refractivity contribution in [2.45, 2.75) is 13.0 Å². The molecule has 0 saturated carbocycles. The van der Waals surface area contributed by atoms with Gasteiger partial charge in [-0.2, -0.15) is 0 Å². The minimum absolute atomic E-state index is 0.230. The predicted octanol–water partition coefficient (Wildman–Crippen LogP) is 3.60. The highest BCUT2D eigenvalue weighted by Gasteiger charge is 2.14. The van der Waals surface area contributed by atoms with E-state index in [9.17, 15) is 0 Å². The third-order valence-corrected chi connectivity index (χ3v) is 3.71. The van der Waals surface area contributed by atoms with Gasteiger partial charge in [-0.3, -0.25) is 4.98 Å². The van der Waals surface area contributed by atoms with E-state index >= 15 is 0 Å². The monoisotopic (exact) mass is 278 g/mol. The molecule has 2 aromatic carbocycles. The van der Waals surface area contributed by atoms with Gasteiger partial charge in [0.2, 0.25) is 0 Å². The second-order valence-electron chi connectivity index (χ2n) is 5.18. The van der Waals surface area contributed by atoms with Crippen molar-refractivity contribution in [3.05, 3.63) is 71.4 Å². The van der Waals surface area contributed by atoms with Crippen molar-refractivity contribution in [1.29, 1.82) is 0 Å². The van der Waals surface area contributed by atoms with Crippen LogP contribution in [0.15, 0.2) is 54.7 Å². The first kappa shape index (κ1) is 13.6. The fourth-order valence-electron chi connectivity index (χ4n) is 2.53. The second kappa shape index (κ2) is 5.54. The molecule has 1 aromatic heterocycles. The SMILES string of the molecule is COc1cc(C)ccc1C(N)c1ccc2cccnc2c1. The average Bonchev–Trinajstić information content (AvgIpc) is 2.53. The molecule has 3 aromatic rings. The fourth-order valence-corrected chi connectivity index (χ4v) is 2.53. The third-order valence-electron chi connectivity index (χ3n) is 3.71. The molecule has 3 heteroatoms. The first-order valence-corrected chi connectivity index (χ1v) is 6.94. The number of aromatic nitrogens is 1. The molecule has 0 bridgehead atoms. The van der Waals surface area contributed by atoms with Crippen LogP contribution in [0.2, 0.25) is 0 Å². The molecule has 1 unspecified atom stereocenters. The predicted molar refractivity (Wildman–Crippen MR) is 85.5 cm³/mol. The second-order valence-corrected chi connectivity index (χ2v) is 5.18. The van der Waals surface area contributed by atoms with E-state index < -0.39 is 0 Å². The summed E-state index contributed by atoms with van der Waals surface area (Å²) >= 11 is 0. The van der Waals surface area contributed by atoms with E-state index in [-0.39, 0.29) is 6.04 Å². The lowest BCUT2D eigenvalue weighted by Crippen LogP contribution is -2.13. The summed E-state index contributed by atoms with van der Waals surface area (Å²) in [6, 6.07) is 16.0. The Bertz CT molecular complexity index is 783. The van der Waals surface area contributed by atoms with E-state index in [2.05, 4.69) is 17.1 Å². The van der Waals surface area contributed by atoms with Crippen LogP contribution < -0.4 is 10.5 Å². The molecular formula is C18H18N2O. The molecule has 1 heterocycles. The van der Waals surface area contributed by atoms with Crippen molar-refractivity contribution in [3.8, 4) is 5.75 Å². The van der Waals surface area contributed by atoms with Gasteiger partial charge in [0.1, 0.15) is 5.75 Å². The molecule has 1 atom stereocenters. The average molecular weight is 278 g/mol. The van der Waals surface area contributed by atoms with Gasteiger partial charge in [-0.25, -0.2) is 0 Å². The Hall–Kier alpha value is -2.39. The van der Waals surface area contributed by atoms with Gasteiger partial charge in [-0.05, 0) is 36.2 Å². The number of ether oxygens (including phenoxy) is 1. The molecule has 0 radical (unpaired) electrons. The smallest absolute Gasteiger partial charge is 0.124 e. The number of pyridine rings is 1. The van der Waals surface area contributed by atoms with Gasteiger partial charge in [0.05, 0.1) is 18.7 Å². The van der Waals surface area contributed by atoms with E-state index in [1.54, 1.807) is 13.3 Å². The maximum Gasteiger partial charge on any atom is 0.124 e. The van der Waals surface area contributed by atoms with Crippen molar-refractivity contribution >= 4 is 10.9 Å². The zero-order valence-electron chi connectivity index (χ0n) is 12.2. The van der Waals surface area contributed by atoms with Crippen LogP contribution in [0.25, 0.3) is 10.9 Å². The van der Waals surface area contributed by atoms with Gasteiger partial charge >= 0.3 is 0 Å². The van der Waals surface area contributed by atoms with Gasteiger partial charge in [0.15, 0.2) is 0 Å². The van der Waals surface area contributed by atoms with Gasteiger partial charge in [0, 0.05) is 17.1 Å². The van der Waals surface area contributed by atoms with Crippen LogP contribution in [0.4, 0.5) is 0 Å². The summed E-state index contributed by atoms with van der Waals surface area (Å²) in [5.74, 6) is 0.823. The molecule has 2 N–H and O–H groups in total. The Morgan fingerprint density at radius 1 is 1.10 bits per heavy atom. The lowest BCUT2D eigenvalue weighted by Gasteiger charge is -2.17. The first-order chi connectivity index (χ1) is 10.2. The largest absolute Gasteiger partial charge is 0.496 e. The molecule has 0 spiro atoms. The van der Waals surface area contributed by atoms with Crippen LogP contribution in [0, 0.1) is 6.92 Å². The van der Waals surface area contributed by atoms with Crippen molar-refractivity contribution in [2.75, 3.05) is 7.11 Å². The Labute approximate surface area is 124 Å². The zero-order valence-corrected chi connectivity index (χ0v) is 12.2. The maximum atomic E-state index is 6.43. The summed E-state index contributed by atoms with van der Waals surface area (Å²) < 4.78 is 5.46. The number of aryl methyl sites for hydroxylation is 1. The summed E-state index contributed by atoms with van der Waals surface area (Å²) in [7, 11) is 1.67. The lowest BCUT2D eigenvalue weighted by molar-refractivity contribution is 0.407. The third kappa shape index (κ3) is 2.60. The summed E-state index contributed by atoms with van der Waals surface area (Å²) in [5, 5.41) is 1.12. The first-order valence-electron chi connectivity index (χ1n) is 6.94. The van der Waals surface area contributed by atoms with Crippen LogP contribution in [0.5, 0.6) is 5.75 Å². The topological polar surface area (TPSA) is 48.1 Å². The number of rotatable bonds is 3. The quantitative estimate of drug-likeness (QED) is 0.796. The Kier molecular flexibility index (Phi) is 3.59. The minimum atomic E-state index is -0.230. The lowest BCUT2D eigenvalue weighted by atomic mass is 9.96. The maximum absolute atomic E-state index is 6.43. The summed E-state index contributed by atoms with van der Waals surface area (Å²) in [4.78, 5) is 4.39. The Morgan fingerprint density at radius 3 is 2.76 bits per heavy atom. The number of hydrogen-bond donors (Lipinski definition) is 1. The zero-order chi connectivity index (χ0) is 14.8. The molecule has 0 aliphatic heterocycles. The molecule has 0 fully saturated rings. The van der Waals surface area contributed by atoms with E-state index in [1.807, 2.05) is 43.3 Å². The van der Waals surface area contributed by atoms with Gasteiger partial charge in [0.25, 0.3) is 0 Å². The van der Waals surface area contributed by atoms with Crippen molar-refractivity contribution < 1.29 is 4.74 Å². The normalized spacial score (nSPS) is 12.3. The molecule has 21 heavy (non-hydrogen) atoms. The van der Waals surface area contributed by atoms with E-state index in [4.69, 9.17) is 10.5 Å².